The number of aromatic nitrogens is 2. The number of halogens is 4. The molecule has 11 heteroatoms. The predicted molar refractivity (Wildman–Crippen MR) is 166 cm³/mol. The molecule has 3 aromatic carbocycles. The highest BCUT2D eigenvalue weighted by Crippen LogP contribution is 2.42. The van der Waals surface area contributed by atoms with E-state index in [0.29, 0.717) is 54.3 Å². The number of aromatic hydroxyl groups is 1. The summed E-state index contributed by atoms with van der Waals surface area (Å²) in [6.45, 7) is 4.95. The molecule has 2 N–H and O–H groups in total. The van der Waals surface area contributed by atoms with Gasteiger partial charge < -0.3 is 20.1 Å². The Kier molecular flexibility index (Phi) is 7.93. The Morgan fingerprint density at radius 1 is 1.00 bits per heavy atom. The van der Waals surface area contributed by atoms with Crippen molar-refractivity contribution in [3.05, 3.63) is 53.3 Å². The summed E-state index contributed by atoms with van der Waals surface area (Å²) in [5.41, 5.74) is -0.0860. The molecule has 0 spiro atoms. The molecule has 4 aliphatic heterocycles. The van der Waals surface area contributed by atoms with Crippen molar-refractivity contribution in [2.75, 3.05) is 38.2 Å². The number of phenols is 1. The zero-order valence-electron chi connectivity index (χ0n) is 25.4. The molecule has 2 bridgehead atoms. The molecule has 0 aliphatic carbocycles. The summed E-state index contributed by atoms with van der Waals surface area (Å²) >= 11 is 0. The first kappa shape index (κ1) is 30.0. The number of ether oxygens (including phenoxy) is 1. The summed E-state index contributed by atoms with van der Waals surface area (Å²) in [5.74, 6) is -1.99. The highest BCUT2D eigenvalue weighted by Gasteiger charge is 2.36. The maximum atomic E-state index is 16.2. The second kappa shape index (κ2) is 11.9. The van der Waals surface area contributed by atoms with Crippen LogP contribution in [0.1, 0.15) is 44.6 Å². The second-order valence-corrected chi connectivity index (χ2v) is 12.6. The molecular weight excluding hydrogens is 586 g/mol. The van der Waals surface area contributed by atoms with Gasteiger partial charge in [0.05, 0.1) is 12.7 Å². The number of hydrogen-bond donors (Lipinski definition) is 2. The quantitative estimate of drug-likeness (QED) is 0.260. The fourth-order valence-electron chi connectivity index (χ4n) is 7.78. The van der Waals surface area contributed by atoms with Gasteiger partial charge in [-0.25, -0.2) is 17.6 Å². The van der Waals surface area contributed by atoms with Gasteiger partial charge in [0.15, 0.2) is 5.82 Å². The molecule has 45 heavy (non-hydrogen) atoms. The predicted octanol–water partition coefficient (Wildman–Crippen LogP) is 6.28. The van der Waals surface area contributed by atoms with E-state index in [2.05, 4.69) is 20.2 Å². The first-order valence-electron chi connectivity index (χ1n) is 15.8. The van der Waals surface area contributed by atoms with Crippen LogP contribution in [0.25, 0.3) is 32.8 Å². The first-order chi connectivity index (χ1) is 21.7. The summed E-state index contributed by atoms with van der Waals surface area (Å²) in [4.78, 5) is 13.0. The fraction of sp³-hybridized carbons (Fsp3) is 0.471. The monoisotopic (exact) mass is 623 g/mol. The average Bonchev–Trinajstić information content (AvgIpc) is 3.71. The lowest BCUT2D eigenvalue weighted by atomic mass is 9.91. The van der Waals surface area contributed by atoms with Crippen LogP contribution in [0, 0.1) is 17.5 Å². The Bertz CT molecular complexity index is 1750. The van der Waals surface area contributed by atoms with Gasteiger partial charge in [-0.3, -0.25) is 4.90 Å². The number of hydrogen-bond acceptors (Lipinski definition) is 7. The standard InChI is InChI=1S/C27H25F3N4O2.C7H12FN/c1-3-17-20(28)7-4-13-8-16(35)9-18(22(13)17)23-21(29)10-19-25(24(23)30)32-27(36-2)33-26(19)34-11-14-5-6-15(12-34)31-14;8-6-4-7-2-1-3-9(7)5-6/h4,7-10,14-15,31,35H,3,5-6,11-12H2,1-2H3;6-7H,1-5H2. The summed E-state index contributed by atoms with van der Waals surface area (Å²) in [5, 5.41) is 15.0. The molecule has 8 rings (SSSR count). The first-order valence-corrected chi connectivity index (χ1v) is 15.8. The molecular formula is C34H37F4N5O2. The van der Waals surface area contributed by atoms with E-state index in [4.69, 9.17) is 4.74 Å². The van der Waals surface area contributed by atoms with Crippen LogP contribution in [0.5, 0.6) is 11.8 Å². The molecule has 4 aromatic rings. The van der Waals surface area contributed by atoms with E-state index in [1.165, 1.54) is 50.3 Å². The fourth-order valence-corrected chi connectivity index (χ4v) is 7.78. The number of phenolic OH excluding ortho intramolecular Hbond substituents is 1. The highest BCUT2D eigenvalue weighted by atomic mass is 19.1. The zero-order valence-corrected chi connectivity index (χ0v) is 25.4. The number of aryl methyl sites for hydroxylation is 1. The number of nitrogens with one attached hydrogen (secondary N) is 1. The number of anilines is 1. The number of methoxy groups -OCH3 is 1. The van der Waals surface area contributed by atoms with Crippen LogP contribution in [0.15, 0.2) is 30.3 Å². The van der Waals surface area contributed by atoms with E-state index in [9.17, 15) is 13.9 Å². The number of fused-ring (bicyclic) bond motifs is 5. The third-order valence-corrected chi connectivity index (χ3v) is 9.78. The molecule has 1 aromatic heterocycles. The van der Waals surface area contributed by atoms with Crippen LogP contribution >= 0.6 is 0 Å². The van der Waals surface area contributed by atoms with Crippen molar-refractivity contribution in [1.82, 2.24) is 20.2 Å². The molecule has 4 unspecified atom stereocenters. The minimum Gasteiger partial charge on any atom is -0.508 e. The maximum absolute atomic E-state index is 16.2. The van der Waals surface area contributed by atoms with Gasteiger partial charge in [-0.2, -0.15) is 9.97 Å². The zero-order chi connectivity index (χ0) is 31.4. The van der Waals surface area contributed by atoms with Crippen molar-refractivity contribution < 1.29 is 27.4 Å². The van der Waals surface area contributed by atoms with Crippen LogP contribution in [-0.2, 0) is 6.42 Å². The van der Waals surface area contributed by atoms with Crippen LogP contribution in [0.4, 0.5) is 23.4 Å². The van der Waals surface area contributed by atoms with Crippen LogP contribution in [0.2, 0.25) is 0 Å². The van der Waals surface area contributed by atoms with Crippen LogP contribution < -0.4 is 15.0 Å². The van der Waals surface area contributed by atoms with E-state index in [-0.39, 0.29) is 45.9 Å². The molecule has 4 saturated heterocycles. The number of piperazine rings is 1. The van der Waals surface area contributed by atoms with Gasteiger partial charge in [0.25, 0.3) is 0 Å². The van der Waals surface area contributed by atoms with Crippen LogP contribution in [-0.4, -0.2) is 77.6 Å². The average molecular weight is 624 g/mol. The topological polar surface area (TPSA) is 73.8 Å². The molecule has 4 fully saturated rings. The summed E-state index contributed by atoms with van der Waals surface area (Å²) < 4.78 is 64.7. The van der Waals surface area contributed by atoms with Crippen molar-refractivity contribution in [2.24, 2.45) is 0 Å². The minimum absolute atomic E-state index is 0.0269. The highest BCUT2D eigenvalue weighted by molar-refractivity contribution is 6.03. The van der Waals surface area contributed by atoms with Gasteiger partial charge in [0.2, 0.25) is 0 Å². The summed E-state index contributed by atoms with van der Waals surface area (Å²) in [7, 11) is 1.40. The Morgan fingerprint density at radius 3 is 2.49 bits per heavy atom. The number of benzene rings is 3. The smallest absolute Gasteiger partial charge is 0.318 e. The molecule has 4 atom stereocenters. The van der Waals surface area contributed by atoms with Gasteiger partial charge in [-0.05, 0) is 91.2 Å². The molecule has 0 amide bonds. The van der Waals surface area contributed by atoms with Gasteiger partial charge >= 0.3 is 6.01 Å². The van der Waals surface area contributed by atoms with Crippen molar-refractivity contribution in [2.45, 2.75) is 69.7 Å². The Balaban J connectivity index is 0.000000308. The Morgan fingerprint density at radius 2 is 1.78 bits per heavy atom. The summed E-state index contributed by atoms with van der Waals surface area (Å²) in [6, 6.07) is 7.89. The van der Waals surface area contributed by atoms with Gasteiger partial charge in [-0.1, -0.05) is 13.0 Å². The second-order valence-electron chi connectivity index (χ2n) is 12.6. The molecule has 0 saturated carbocycles. The number of rotatable bonds is 4. The third kappa shape index (κ3) is 5.43. The molecule has 5 heterocycles. The molecule has 0 radical (unpaired) electrons. The Labute approximate surface area is 259 Å². The van der Waals surface area contributed by atoms with Crippen molar-refractivity contribution >= 4 is 27.5 Å². The van der Waals surface area contributed by atoms with Crippen molar-refractivity contribution in [3.8, 4) is 22.9 Å². The lowest BCUT2D eigenvalue weighted by Gasteiger charge is -2.34. The Hall–Kier alpha value is -3.70. The molecule has 238 valence electrons. The normalized spacial score (nSPS) is 24.3. The number of alkyl halides is 1. The van der Waals surface area contributed by atoms with Gasteiger partial charge in [-0.15, -0.1) is 0 Å². The SMILES string of the molecule is CCc1c(F)ccc2cc(O)cc(-c3c(F)cc4c(N5CC6CCC(C5)N6)nc(OC)nc4c3F)c12.FC1CC2CCCN2C1. The molecule has 4 aliphatic rings. The van der Waals surface area contributed by atoms with Crippen LogP contribution in [0.3, 0.4) is 0 Å². The van der Waals surface area contributed by atoms with E-state index in [0.717, 1.165) is 25.8 Å². The maximum Gasteiger partial charge on any atom is 0.318 e. The lowest BCUT2D eigenvalue weighted by Crippen LogP contribution is -2.51. The lowest BCUT2D eigenvalue weighted by molar-refractivity contribution is 0.292. The van der Waals surface area contributed by atoms with E-state index in [1.54, 1.807) is 6.92 Å². The summed E-state index contributed by atoms with van der Waals surface area (Å²) in [6.07, 6.45) is 5.20. The largest absolute Gasteiger partial charge is 0.508 e. The van der Waals surface area contributed by atoms with E-state index < -0.39 is 23.6 Å². The van der Waals surface area contributed by atoms with Gasteiger partial charge in [0, 0.05) is 43.1 Å². The molecule has 7 nitrogen and oxygen atoms in total. The van der Waals surface area contributed by atoms with Crippen molar-refractivity contribution in [1.29, 1.82) is 0 Å². The van der Waals surface area contributed by atoms with Gasteiger partial charge in [0.1, 0.15) is 34.9 Å². The minimum atomic E-state index is -0.914. The van der Waals surface area contributed by atoms with E-state index in [1.807, 2.05) is 4.90 Å². The van der Waals surface area contributed by atoms with Crippen molar-refractivity contribution in [3.63, 3.8) is 0 Å². The number of nitrogens with zero attached hydrogens (tertiary/aromatic N) is 4. The van der Waals surface area contributed by atoms with E-state index >= 15 is 8.78 Å². The third-order valence-electron chi connectivity index (χ3n) is 9.78.